The van der Waals surface area contributed by atoms with E-state index in [1.807, 2.05) is 72.6 Å². The maximum absolute atomic E-state index is 11.8. The summed E-state index contributed by atoms with van der Waals surface area (Å²) in [4.78, 5) is 17.3. The van der Waals surface area contributed by atoms with Gasteiger partial charge in [-0.05, 0) is 48.9 Å². The van der Waals surface area contributed by atoms with Crippen molar-refractivity contribution in [3.05, 3.63) is 70.3 Å². The Morgan fingerprint density at radius 2 is 2.03 bits per heavy atom. The van der Waals surface area contributed by atoms with Crippen LogP contribution in [0.1, 0.15) is 19.4 Å². The highest BCUT2D eigenvalue weighted by Crippen LogP contribution is 2.33. The van der Waals surface area contributed by atoms with Crippen molar-refractivity contribution in [2.24, 2.45) is 10.1 Å². The zero-order chi connectivity index (χ0) is 23.7. The van der Waals surface area contributed by atoms with Crippen LogP contribution in [0.2, 0.25) is 0 Å². The van der Waals surface area contributed by atoms with Gasteiger partial charge in [0.2, 0.25) is 4.80 Å². The Labute approximate surface area is 201 Å². The number of carbonyl (C=O) groups is 1. The van der Waals surface area contributed by atoms with E-state index in [1.165, 1.54) is 11.3 Å². The zero-order valence-corrected chi connectivity index (χ0v) is 19.9. The molecule has 1 aliphatic heterocycles. The SMILES string of the molecule is COc1ccc2ccccc2c1C=Nn1c(-c2ccc3c(c2)NC(=O)CO3)csc1=NC(C)C. The number of benzene rings is 3. The molecule has 5 rings (SSSR count). The minimum Gasteiger partial charge on any atom is -0.496 e. The van der Waals surface area contributed by atoms with Crippen molar-refractivity contribution in [1.82, 2.24) is 4.68 Å². The Hall–Kier alpha value is -3.91. The van der Waals surface area contributed by atoms with Gasteiger partial charge in [-0.2, -0.15) is 5.10 Å². The van der Waals surface area contributed by atoms with Crippen molar-refractivity contribution in [3.63, 3.8) is 0 Å². The van der Waals surface area contributed by atoms with Crippen molar-refractivity contribution < 1.29 is 14.3 Å². The number of hydrogen-bond donors (Lipinski definition) is 1. The second-order valence-electron chi connectivity index (χ2n) is 8.13. The molecule has 0 bridgehead atoms. The Morgan fingerprint density at radius 3 is 2.85 bits per heavy atom. The fourth-order valence-corrected chi connectivity index (χ4v) is 4.83. The summed E-state index contributed by atoms with van der Waals surface area (Å²) >= 11 is 1.52. The number of nitrogens with one attached hydrogen (secondary N) is 1. The predicted molar refractivity (Wildman–Crippen MR) is 136 cm³/mol. The standard InChI is InChI=1S/C26H24N4O3S/c1-16(2)28-26-30(27-13-20-19-7-5-4-6-17(19)8-10-23(20)32-3)22(15-34-26)18-9-11-24-21(12-18)29-25(31)14-33-24/h4-13,15-16H,14H2,1-3H3,(H,29,31). The smallest absolute Gasteiger partial charge is 0.262 e. The molecule has 2 heterocycles. The molecule has 1 amide bonds. The molecule has 0 unspecified atom stereocenters. The van der Waals surface area contributed by atoms with Crippen LogP contribution in [0.4, 0.5) is 5.69 Å². The van der Waals surface area contributed by atoms with Crippen molar-refractivity contribution in [1.29, 1.82) is 0 Å². The minimum absolute atomic E-state index is 0.0272. The number of aromatic nitrogens is 1. The molecule has 1 N–H and O–H groups in total. The summed E-state index contributed by atoms with van der Waals surface area (Å²) in [5.74, 6) is 1.23. The van der Waals surface area contributed by atoms with Crippen molar-refractivity contribution in [2.45, 2.75) is 19.9 Å². The number of nitrogens with zero attached hydrogens (tertiary/aromatic N) is 3. The zero-order valence-electron chi connectivity index (χ0n) is 19.1. The third-order valence-corrected chi connectivity index (χ3v) is 6.25. The lowest BCUT2D eigenvalue weighted by Crippen LogP contribution is -2.25. The molecule has 34 heavy (non-hydrogen) atoms. The summed E-state index contributed by atoms with van der Waals surface area (Å²) in [5.41, 5.74) is 3.30. The van der Waals surface area contributed by atoms with Crippen LogP contribution in [-0.2, 0) is 4.79 Å². The van der Waals surface area contributed by atoms with Gasteiger partial charge in [0.15, 0.2) is 6.61 Å². The largest absolute Gasteiger partial charge is 0.496 e. The number of hydrogen-bond acceptors (Lipinski definition) is 6. The number of thiazole rings is 1. The highest BCUT2D eigenvalue weighted by molar-refractivity contribution is 7.07. The Kier molecular flexibility index (Phi) is 5.90. The molecular formula is C26H24N4O3S. The first-order chi connectivity index (χ1) is 16.5. The quantitative estimate of drug-likeness (QED) is 0.420. The summed E-state index contributed by atoms with van der Waals surface area (Å²) in [5, 5.41) is 11.9. The lowest BCUT2D eigenvalue weighted by Gasteiger charge is -2.18. The highest BCUT2D eigenvalue weighted by Gasteiger charge is 2.18. The van der Waals surface area contributed by atoms with Gasteiger partial charge >= 0.3 is 0 Å². The highest BCUT2D eigenvalue weighted by atomic mass is 32.1. The van der Waals surface area contributed by atoms with Crippen molar-refractivity contribution in [3.8, 4) is 22.8 Å². The van der Waals surface area contributed by atoms with Crippen LogP contribution in [0.3, 0.4) is 0 Å². The molecule has 0 radical (unpaired) electrons. The molecule has 0 spiro atoms. The van der Waals surface area contributed by atoms with Gasteiger partial charge in [0.25, 0.3) is 5.91 Å². The Balaban J connectivity index is 1.65. The van der Waals surface area contributed by atoms with Crippen LogP contribution in [0, 0.1) is 0 Å². The van der Waals surface area contributed by atoms with Crippen LogP contribution in [0.25, 0.3) is 22.0 Å². The molecule has 0 atom stereocenters. The van der Waals surface area contributed by atoms with E-state index in [0.717, 1.165) is 38.1 Å². The molecule has 8 heteroatoms. The number of anilines is 1. The van der Waals surface area contributed by atoms with E-state index in [1.54, 1.807) is 7.11 Å². The van der Waals surface area contributed by atoms with Gasteiger partial charge in [-0.3, -0.25) is 9.79 Å². The molecule has 3 aromatic carbocycles. The van der Waals surface area contributed by atoms with Gasteiger partial charge in [0.05, 0.1) is 24.7 Å². The van der Waals surface area contributed by atoms with E-state index < -0.39 is 0 Å². The van der Waals surface area contributed by atoms with E-state index in [-0.39, 0.29) is 18.6 Å². The summed E-state index contributed by atoms with van der Waals surface area (Å²) in [6.07, 6.45) is 1.82. The van der Waals surface area contributed by atoms with E-state index in [4.69, 9.17) is 19.6 Å². The van der Waals surface area contributed by atoms with Gasteiger partial charge in [0, 0.05) is 22.5 Å². The Bertz CT molecular complexity index is 1480. The summed E-state index contributed by atoms with van der Waals surface area (Å²) in [6, 6.07) is 18.0. The van der Waals surface area contributed by atoms with Crippen LogP contribution in [0.5, 0.6) is 11.5 Å². The van der Waals surface area contributed by atoms with Crippen LogP contribution in [0.15, 0.2) is 70.1 Å². The van der Waals surface area contributed by atoms with Gasteiger partial charge in [0.1, 0.15) is 11.5 Å². The minimum atomic E-state index is -0.167. The fourth-order valence-electron chi connectivity index (χ4n) is 3.86. The molecule has 1 aliphatic rings. The first-order valence-corrected chi connectivity index (χ1v) is 11.8. The average molecular weight is 473 g/mol. The normalized spacial score (nSPS) is 13.9. The monoisotopic (exact) mass is 472 g/mol. The average Bonchev–Trinajstić information content (AvgIpc) is 3.23. The van der Waals surface area contributed by atoms with E-state index in [9.17, 15) is 4.79 Å². The third-order valence-electron chi connectivity index (χ3n) is 5.42. The van der Waals surface area contributed by atoms with Crippen molar-refractivity contribution >= 4 is 39.9 Å². The molecule has 1 aromatic heterocycles. The maximum Gasteiger partial charge on any atom is 0.262 e. The summed E-state index contributed by atoms with van der Waals surface area (Å²) in [6.45, 7) is 4.10. The second kappa shape index (κ2) is 9.15. The number of fused-ring (bicyclic) bond motifs is 2. The van der Waals surface area contributed by atoms with Crippen LogP contribution >= 0.6 is 11.3 Å². The number of rotatable bonds is 5. The molecule has 0 saturated heterocycles. The van der Waals surface area contributed by atoms with E-state index in [2.05, 4.69) is 17.4 Å². The predicted octanol–water partition coefficient (Wildman–Crippen LogP) is 4.90. The topological polar surface area (TPSA) is 77.2 Å². The number of methoxy groups -OCH3 is 1. The fraction of sp³-hybridized carbons (Fsp3) is 0.192. The van der Waals surface area contributed by atoms with Crippen LogP contribution in [-0.4, -0.2) is 36.6 Å². The number of carbonyl (C=O) groups excluding carboxylic acids is 1. The lowest BCUT2D eigenvalue weighted by atomic mass is 10.0. The van der Waals surface area contributed by atoms with E-state index >= 15 is 0 Å². The maximum atomic E-state index is 11.8. The van der Waals surface area contributed by atoms with Gasteiger partial charge in [-0.15, -0.1) is 11.3 Å². The van der Waals surface area contributed by atoms with Crippen LogP contribution < -0.4 is 19.6 Å². The Morgan fingerprint density at radius 1 is 1.18 bits per heavy atom. The van der Waals surface area contributed by atoms with Crippen molar-refractivity contribution in [2.75, 3.05) is 19.0 Å². The second-order valence-corrected chi connectivity index (χ2v) is 8.97. The summed E-state index contributed by atoms with van der Waals surface area (Å²) in [7, 11) is 1.66. The molecule has 172 valence electrons. The van der Waals surface area contributed by atoms with E-state index in [0.29, 0.717) is 11.4 Å². The molecule has 0 saturated carbocycles. The summed E-state index contributed by atoms with van der Waals surface area (Å²) < 4.78 is 13.0. The number of amides is 1. The molecule has 0 fully saturated rings. The first kappa shape index (κ1) is 21.9. The molecule has 0 aliphatic carbocycles. The number of ether oxygens (including phenoxy) is 2. The molecule has 4 aromatic rings. The molecular weight excluding hydrogens is 448 g/mol. The van der Waals surface area contributed by atoms with Gasteiger partial charge < -0.3 is 14.8 Å². The third kappa shape index (κ3) is 4.20. The molecule has 7 nitrogen and oxygen atoms in total. The van der Waals surface area contributed by atoms with Gasteiger partial charge in [-0.1, -0.05) is 30.3 Å². The first-order valence-electron chi connectivity index (χ1n) is 10.9. The van der Waals surface area contributed by atoms with Gasteiger partial charge in [-0.25, -0.2) is 4.68 Å². The lowest BCUT2D eigenvalue weighted by molar-refractivity contribution is -0.118.